The van der Waals surface area contributed by atoms with Crippen LogP contribution < -0.4 is 11.1 Å². The van der Waals surface area contributed by atoms with Crippen molar-refractivity contribution in [3.63, 3.8) is 0 Å². The van der Waals surface area contributed by atoms with Crippen LogP contribution in [0.2, 0.25) is 0 Å². The van der Waals surface area contributed by atoms with Crippen LogP contribution in [0.1, 0.15) is 21.5 Å². The lowest BCUT2D eigenvalue weighted by Crippen LogP contribution is -2.13. The smallest absolute Gasteiger partial charge is 0.255 e. The van der Waals surface area contributed by atoms with Crippen LogP contribution in [-0.4, -0.2) is 5.91 Å². The number of aryl methyl sites for hydroxylation is 2. The van der Waals surface area contributed by atoms with E-state index in [0.29, 0.717) is 5.69 Å². The largest absolute Gasteiger partial charge is 0.399 e. The van der Waals surface area contributed by atoms with Crippen LogP contribution in [0.25, 0.3) is 0 Å². The Hall–Kier alpha value is -2.36. The quantitative estimate of drug-likeness (QED) is 0.812. The van der Waals surface area contributed by atoms with Crippen LogP contribution in [0.4, 0.5) is 15.8 Å². The average Bonchev–Trinajstić information content (AvgIpc) is 2.32. The first-order valence-electron chi connectivity index (χ1n) is 5.90. The zero-order valence-electron chi connectivity index (χ0n) is 10.8. The Bertz CT molecular complexity index is 618. The molecule has 2 aromatic carbocycles. The van der Waals surface area contributed by atoms with Gasteiger partial charge in [-0.15, -0.1) is 0 Å². The summed E-state index contributed by atoms with van der Waals surface area (Å²) in [5.41, 5.74) is 8.66. The molecule has 0 aliphatic rings. The Kier molecular flexibility index (Phi) is 3.51. The molecule has 2 rings (SSSR count). The zero-order valence-corrected chi connectivity index (χ0v) is 10.8. The van der Waals surface area contributed by atoms with Gasteiger partial charge in [-0.2, -0.15) is 0 Å². The number of hydrogen-bond donors (Lipinski definition) is 2. The maximum absolute atomic E-state index is 13.2. The second kappa shape index (κ2) is 5.10. The molecule has 0 aromatic heterocycles. The van der Waals surface area contributed by atoms with Crippen molar-refractivity contribution >= 4 is 17.3 Å². The number of carbonyl (C=O) groups excluding carboxylic acids is 1. The van der Waals surface area contributed by atoms with Gasteiger partial charge >= 0.3 is 0 Å². The predicted molar refractivity (Wildman–Crippen MR) is 74.7 cm³/mol. The molecular weight excluding hydrogens is 243 g/mol. The monoisotopic (exact) mass is 258 g/mol. The molecule has 0 fully saturated rings. The molecule has 3 nitrogen and oxygen atoms in total. The maximum Gasteiger partial charge on any atom is 0.255 e. The number of nitrogen functional groups attached to an aromatic ring is 1. The highest BCUT2D eigenvalue weighted by atomic mass is 19.1. The fourth-order valence-electron chi connectivity index (χ4n) is 1.81. The normalized spacial score (nSPS) is 10.3. The minimum Gasteiger partial charge on any atom is -0.399 e. The van der Waals surface area contributed by atoms with E-state index in [-0.39, 0.29) is 17.2 Å². The fraction of sp³-hybridized carbons (Fsp3) is 0.133. The van der Waals surface area contributed by atoms with E-state index in [2.05, 4.69) is 5.32 Å². The Balaban J connectivity index is 2.28. The van der Waals surface area contributed by atoms with E-state index in [0.717, 1.165) is 17.2 Å². The lowest BCUT2D eigenvalue weighted by atomic mass is 10.1. The molecule has 0 heterocycles. The highest BCUT2D eigenvalue weighted by molar-refractivity contribution is 6.05. The van der Waals surface area contributed by atoms with E-state index >= 15 is 0 Å². The van der Waals surface area contributed by atoms with E-state index < -0.39 is 5.82 Å². The van der Waals surface area contributed by atoms with Gasteiger partial charge in [-0.3, -0.25) is 4.79 Å². The third-order valence-electron chi connectivity index (χ3n) is 2.82. The maximum atomic E-state index is 13.2. The van der Waals surface area contributed by atoms with Gasteiger partial charge in [-0.05, 0) is 49.2 Å². The minimum absolute atomic E-state index is 0.207. The van der Waals surface area contributed by atoms with Crippen LogP contribution >= 0.6 is 0 Å². The number of rotatable bonds is 2. The molecule has 0 unspecified atom stereocenters. The summed E-state index contributed by atoms with van der Waals surface area (Å²) in [4.78, 5) is 12.0. The van der Waals surface area contributed by atoms with Gasteiger partial charge in [0.25, 0.3) is 5.91 Å². The molecule has 0 saturated carbocycles. The van der Waals surface area contributed by atoms with Crippen molar-refractivity contribution in [2.24, 2.45) is 0 Å². The molecule has 1 amide bonds. The van der Waals surface area contributed by atoms with E-state index in [1.54, 1.807) is 0 Å². The topological polar surface area (TPSA) is 55.1 Å². The molecule has 98 valence electrons. The molecule has 4 heteroatoms. The molecule has 0 bridgehead atoms. The third-order valence-corrected chi connectivity index (χ3v) is 2.82. The van der Waals surface area contributed by atoms with Gasteiger partial charge < -0.3 is 11.1 Å². The second-order valence-electron chi connectivity index (χ2n) is 4.55. The number of nitrogens with one attached hydrogen (secondary N) is 1. The summed E-state index contributed by atoms with van der Waals surface area (Å²) in [6.07, 6.45) is 0. The number of anilines is 2. The molecule has 0 saturated heterocycles. The number of nitrogens with two attached hydrogens (primary N) is 1. The van der Waals surface area contributed by atoms with E-state index in [1.165, 1.54) is 12.1 Å². The number of carbonyl (C=O) groups is 1. The number of halogens is 1. The van der Waals surface area contributed by atoms with Gasteiger partial charge in [0.15, 0.2) is 0 Å². The van der Waals surface area contributed by atoms with Gasteiger partial charge in [0.1, 0.15) is 5.82 Å². The van der Waals surface area contributed by atoms with Crippen molar-refractivity contribution in [2.45, 2.75) is 13.8 Å². The lowest BCUT2D eigenvalue weighted by molar-refractivity contribution is 0.102. The van der Waals surface area contributed by atoms with E-state index in [4.69, 9.17) is 5.73 Å². The standard InChI is InChI=1S/C15H15FN2O/c1-9-3-4-10(2)14(5-9)18-15(19)11-6-12(16)8-13(17)7-11/h3-8H,17H2,1-2H3,(H,18,19). The minimum atomic E-state index is -0.522. The number of benzene rings is 2. The molecule has 2 aromatic rings. The van der Waals surface area contributed by atoms with Crippen LogP contribution in [0.5, 0.6) is 0 Å². The Morgan fingerprint density at radius 2 is 1.89 bits per heavy atom. The molecule has 0 spiro atoms. The summed E-state index contributed by atoms with van der Waals surface area (Å²) in [5, 5.41) is 2.76. The Morgan fingerprint density at radius 1 is 1.16 bits per heavy atom. The molecule has 0 radical (unpaired) electrons. The first-order chi connectivity index (χ1) is 8.95. The summed E-state index contributed by atoms with van der Waals surface area (Å²) in [7, 11) is 0. The molecule has 0 aliphatic heterocycles. The summed E-state index contributed by atoms with van der Waals surface area (Å²) in [6.45, 7) is 3.84. The highest BCUT2D eigenvalue weighted by Gasteiger charge is 2.10. The van der Waals surface area contributed by atoms with E-state index in [9.17, 15) is 9.18 Å². The summed E-state index contributed by atoms with van der Waals surface area (Å²) in [5.74, 6) is -0.897. The van der Waals surface area contributed by atoms with Crippen molar-refractivity contribution in [3.8, 4) is 0 Å². The van der Waals surface area contributed by atoms with E-state index in [1.807, 2.05) is 32.0 Å². The first kappa shape index (κ1) is 13.1. The molecular formula is C15H15FN2O. The number of amides is 1. The summed E-state index contributed by atoms with van der Waals surface area (Å²) >= 11 is 0. The molecule has 3 N–H and O–H groups in total. The van der Waals surface area contributed by atoms with Gasteiger partial charge in [-0.25, -0.2) is 4.39 Å². The van der Waals surface area contributed by atoms with Gasteiger partial charge in [0, 0.05) is 16.9 Å². The molecule has 0 atom stereocenters. The van der Waals surface area contributed by atoms with Crippen molar-refractivity contribution in [1.29, 1.82) is 0 Å². The van der Waals surface area contributed by atoms with Crippen molar-refractivity contribution < 1.29 is 9.18 Å². The zero-order chi connectivity index (χ0) is 14.0. The summed E-state index contributed by atoms with van der Waals surface area (Å²) < 4.78 is 13.2. The van der Waals surface area contributed by atoms with Crippen molar-refractivity contribution in [2.75, 3.05) is 11.1 Å². The average molecular weight is 258 g/mol. The van der Waals surface area contributed by atoms with Crippen LogP contribution in [0.15, 0.2) is 36.4 Å². The van der Waals surface area contributed by atoms with Gasteiger partial charge in [0.05, 0.1) is 0 Å². The SMILES string of the molecule is Cc1ccc(C)c(NC(=O)c2cc(N)cc(F)c2)c1. The predicted octanol–water partition coefficient (Wildman–Crippen LogP) is 3.28. The van der Waals surface area contributed by atoms with Crippen LogP contribution in [-0.2, 0) is 0 Å². The van der Waals surface area contributed by atoms with Gasteiger partial charge in [-0.1, -0.05) is 12.1 Å². The van der Waals surface area contributed by atoms with Gasteiger partial charge in [0.2, 0.25) is 0 Å². The highest BCUT2D eigenvalue weighted by Crippen LogP contribution is 2.18. The second-order valence-corrected chi connectivity index (χ2v) is 4.55. The van der Waals surface area contributed by atoms with Crippen LogP contribution in [0.3, 0.4) is 0 Å². The molecule has 0 aliphatic carbocycles. The third kappa shape index (κ3) is 3.10. The summed E-state index contributed by atoms with van der Waals surface area (Å²) in [6, 6.07) is 9.54. The van der Waals surface area contributed by atoms with Crippen LogP contribution in [0, 0.1) is 19.7 Å². The Morgan fingerprint density at radius 3 is 2.58 bits per heavy atom. The van der Waals surface area contributed by atoms with Crippen molar-refractivity contribution in [1.82, 2.24) is 0 Å². The van der Waals surface area contributed by atoms with Crippen molar-refractivity contribution in [3.05, 3.63) is 58.9 Å². The Labute approximate surface area is 111 Å². The molecule has 19 heavy (non-hydrogen) atoms. The lowest BCUT2D eigenvalue weighted by Gasteiger charge is -2.10. The first-order valence-corrected chi connectivity index (χ1v) is 5.90. The number of hydrogen-bond acceptors (Lipinski definition) is 2. The fourth-order valence-corrected chi connectivity index (χ4v) is 1.81.